The number of aryl methyl sites for hydroxylation is 1. The van der Waals surface area contributed by atoms with Crippen LogP contribution < -0.4 is 4.74 Å². The molecule has 2 aliphatic rings. The molecule has 0 atom stereocenters. The smallest absolute Gasteiger partial charge is 0.333 e. The molecular weight excluding hydrogens is 536 g/mol. The van der Waals surface area contributed by atoms with Gasteiger partial charge in [0.2, 0.25) is 0 Å². The van der Waals surface area contributed by atoms with Crippen molar-refractivity contribution >= 4 is 5.97 Å². The van der Waals surface area contributed by atoms with Crippen molar-refractivity contribution in [2.45, 2.75) is 136 Å². The summed E-state index contributed by atoms with van der Waals surface area (Å²) < 4.78 is 11.7. The third kappa shape index (κ3) is 11.2. The van der Waals surface area contributed by atoms with Crippen LogP contribution in [0.25, 0.3) is 0 Å². The largest absolute Gasteiger partial charge is 0.493 e. The number of hydrogen-bond acceptors (Lipinski definition) is 5. The Morgan fingerprint density at radius 1 is 0.884 bits per heavy atom. The van der Waals surface area contributed by atoms with Gasteiger partial charge >= 0.3 is 5.97 Å². The van der Waals surface area contributed by atoms with Crippen LogP contribution in [0.15, 0.2) is 30.4 Å². The van der Waals surface area contributed by atoms with Crippen molar-refractivity contribution in [2.75, 3.05) is 26.4 Å². The van der Waals surface area contributed by atoms with Gasteiger partial charge < -0.3 is 19.7 Å². The average molecular weight is 599 g/mol. The van der Waals surface area contributed by atoms with E-state index in [-0.39, 0.29) is 19.2 Å². The van der Waals surface area contributed by atoms with E-state index in [0.29, 0.717) is 31.1 Å². The van der Waals surface area contributed by atoms with Crippen LogP contribution in [0.4, 0.5) is 0 Å². The molecule has 2 fully saturated rings. The Labute approximate surface area is 262 Å². The fraction of sp³-hybridized carbons (Fsp3) is 0.763. The van der Waals surface area contributed by atoms with E-state index in [2.05, 4.69) is 38.6 Å². The number of esters is 1. The minimum Gasteiger partial charge on any atom is -0.493 e. The van der Waals surface area contributed by atoms with Crippen LogP contribution in [0.3, 0.4) is 0 Å². The highest BCUT2D eigenvalue weighted by Crippen LogP contribution is 2.45. The standard InChI is InChI=1S/C38H62O5/c1-5-7-8-10-30-12-14-31(15-13-30)32-16-18-33(19-17-32)34-20-21-36(42-25-23-38(27-39,28-40)22-6-2)35(26-34)11-9-24-43-37(41)29(3)4/h20-21,26,30-33,39-40H,3,5-19,22-25,27-28H2,1-2,4H3. The number of aliphatic hydroxyl groups is 2. The maximum absolute atomic E-state index is 11.9. The zero-order valence-corrected chi connectivity index (χ0v) is 27.7. The molecule has 0 bridgehead atoms. The first-order chi connectivity index (χ1) is 20.8. The zero-order valence-electron chi connectivity index (χ0n) is 27.7. The Morgan fingerprint density at radius 3 is 2.16 bits per heavy atom. The lowest BCUT2D eigenvalue weighted by Gasteiger charge is -2.38. The number of unbranched alkanes of at least 4 members (excludes halogenated alkanes) is 2. The molecule has 5 nitrogen and oxygen atoms in total. The van der Waals surface area contributed by atoms with E-state index >= 15 is 0 Å². The molecule has 0 radical (unpaired) electrons. The first-order valence-electron chi connectivity index (χ1n) is 17.6. The summed E-state index contributed by atoms with van der Waals surface area (Å²) in [6.07, 6.45) is 20.4. The van der Waals surface area contributed by atoms with Crippen LogP contribution in [0, 0.1) is 23.2 Å². The highest BCUT2D eigenvalue weighted by Gasteiger charge is 2.32. The lowest BCUT2D eigenvalue weighted by atomic mass is 9.68. The monoisotopic (exact) mass is 598 g/mol. The van der Waals surface area contributed by atoms with E-state index < -0.39 is 5.41 Å². The molecular formula is C38H62O5. The van der Waals surface area contributed by atoms with Crippen molar-refractivity contribution in [3.8, 4) is 5.75 Å². The highest BCUT2D eigenvalue weighted by atomic mass is 16.5. The topological polar surface area (TPSA) is 76.0 Å². The quantitative estimate of drug-likeness (QED) is 0.0944. The van der Waals surface area contributed by atoms with Crippen molar-refractivity contribution in [2.24, 2.45) is 23.2 Å². The highest BCUT2D eigenvalue weighted by molar-refractivity contribution is 5.86. The third-order valence-electron chi connectivity index (χ3n) is 10.6. The average Bonchev–Trinajstić information content (AvgIpc) is 3.03. The van der Waals surface area contributed by atoms with Crippen molar-refractivity contribution in [1.29, 1.82) is 0 Å². The summed E-state index contributed by atoms with van der Waals surface area (Å²) in [5.41, 5.74) is 2.48. The van der Waals surface area contributed by atoms with Gasteiger partial charge in [-0.3, -0.25) is 0 Å². The van der Waals surface area contributed by atoms with Gasteiger partial charge in [0.15, 0.2) is 0 Å². The molecule has 0 saturated heterocycles. The summed E-state index contributed by atoms with van der Waals surface area (Å²) in [6, 6.07) is 6.71. The van der Waals surface area contributed by atoms with Gasteiger partial charge in [-0.2, -0.15) is 0 Å². The first kappa shape index (κ1) is 35.6. The molecule has 5 heteroatoms. The van der Waals surface area contributed by atoms with E-state index in [1.54, 1.807) is 6.92 Å². The molecule has 0 aliphatic heterocycles. The Morgan fingerprint density at radius 2 is 1.56 bits per heavy atom. The van der Waals surface area contributed by atoms with Crippen LogP contribution in [-0.2, 0) is 16.0 Å². The second-order valence-electron chi connectivity index (χ2n) is 13.9. The fourth-order valence-electron chi connectivity index (χ4n) is 7.69. The number of hydrogen-bond donors (Lipinski definition) is 2. The van der Waals surface area contributed by atoms with Crippen molar-refractivity contribution in [3.63, 3.8) is 0 Å². The summed E-state index contributed by atoms with van der Waals surface area (Å²) in [5, 5.41) is 19.9. The van der Waals surface area contributed by atoms with Crippen LogP contribution >= 0.6 is 0 Å². The maximum atomic E-state index is 11.9. The summed E-state index contributed by atoms with van der Waals surface area (Å²) in [5.74, 6) is 3.94. The molecule has 0 unspecified atom stereocenters. The molecule has 1 aromatic carbocycles. The summed E-state index contributed by atoms with van der Waals surface area (Å²) in [4.78, 5) is 11.9. The zero-order chi connectivity index (χ0) is 31.1. The lowest BCUT2D eigenvalue weighted by molar-refractivity contribution is -0.139. The minimum atomic E-state index is -0.501. The normalized spacial score (nSPS) is 22.7. The van der Waals surface area contributed by atoms with Gasteiger partial charge in [-0.15, -0.1) is 0 Å². The van der Waals surface area contributed by atoms with E-state index in [1.165, 1.54) is 82.6 Å². The van der Waals surface area contributed by atoms with Gasteiger partial charge in [-0.25, -0.2) is 4.79 Å². The summed E-state index contributed by atoms with van der Waals surface area (Å²) in [7, 11) is 0. The number of rotatable bonds is 19. The van der Waals surface area contributed by atoms with Gasteiger partial charge in [0, 0.05) is 11.0 Å². The van der Waals surface area contributed by atoms with Crippen LogP contribution in [0.2, 0.25) is 0 Å². The molecule has 1 aromatic rings. The molecule has 0 heterocycles. The number of carbonyl (C=O) groups is 1. The molecule has 0 aromatic heterocycles. The summed E-state index contributed by atoms with van der Waals surface area (Å²) in [6.45, 7) is 10.4. The van der Waals surface area contributed by atoms with Gasteiger partial charge in [0.25, 0.3) is 0 Å². The van der Waals surface area contributed by atoms with E-state index in [9.17, 15) is 15.0 Å². The summed E-state index contributed by atoms with van der Waals surface area (Å²) >= 11 is 0. The number of ether oxygens (including phenoxy) is 2. The second-order valence-corrected chi connectivity index (χ2v) is 13.9. The molecule has 3 rings (SSSR count). The van der Waals surface area contributed by atoms with Crippen LogP contribution in [0.5, 0.6) is 5.75 Å². The predicted molar refractivity (Wildman–Crippen MR) is 176 cm³/mol. The Kier molecular flexibility index (Phi) is 15.6. The number of aliphatic hydroxyl groups excluding tert-OH is 2. The molecule has 2 N–H and O–H groups in total. The van der Waals surface area contributed by atoms with E-state index in [0.717, 1.165) is 54.7 Å². The van der Waals surface area contributed by atoms with E-state index in [1.807, 2.05) is 0 Å². The Hall–Kier alpha value is -1.85. The molecule has 0 spiro atoms. The Balaban J connectivity index is 1.58. The minimum absolute atomic E-state index is 0.0380. The first-order valence-corrected chi connectivity index (χ1v) is 17.6. The second kappa shape index (κ2) is 18.8. The number of carbonyl (C=O) groups excluding carboxylic acids is 1. The van der Waals surface area contributed by atoms with Gasteiger partial charge in [-0.05, 0) is 112 Å². The third-order valence-corrected chi connectivity index (χ3v) is 10.6. The predicted octanol–water partition coefficient (Wildman–Crippen LogP) is 8.94. The van der Waals surface area contributed by atoms with Crippen molar-refractivity contribution < 1.29 is 24.5 Å². The van der Waals surface area contributed by atoms with Gasteiger partial charge in [0.05, 0.1) is 26.4 Å². The Bertz CT molecular complexity index is 951. The molecule has 43 heavy (non-hydrogen) atoms. The SMILES string of the molecule is C=C(C)C(=O)OCCCc1cc(C2CCC(C3CCC(CCCCC)CC3)CC2)ccc1OCCC(CO)(CO)CCC. The van der Waals surface area contributed by atoms with Crippen LogP contribution in [-0.4, -0.2) is 42.6 Å². The van der Waals surface area contributed by atoms with Gasteiger partial charge in [0.1, 0.15) is 5.75 Å². The van der Waals surface area contributed by atoms with Crippen molar-refractivity contribution in [3.05, 3.63) is 41.5 Å². The molecule has 2 saturated carbocycles. The van der Waals surface area contributed by atoms with Gasteiger partial charge in [-0.1, -0.05) is 77.5 Å². The molecule has 0 amide bonds. The lowest BCUT2D eigenvalue weighted by Crippen LogP contribution is -2.31. The molecule has 2 aliphatic carbocycles. The van der Waals surface area contributed by atoms with E-state index in [4.69, 9.17) is 9.47 Å². The molecule has 244 valence electrons. The van der Waals surface area contributed by atoms with Crippen molar-refractivity contribution in [1.82, 2.24) is 0 Å². The maximum Gasteiger partial charge on any atom is 0.333 e. The fourth-order valence-corrected chi connectivity index (χ4v) is 7.69. The van der Waals surface area contributed by atoms with Crippen LogP contribution in [0.1, 0.15) is 141 Å². The number of benzene rings is 1.